The fourth-order valence-electron chi connectivity index (χ4n) is 11.6. The number of Topliss-reactive ketones (excluding diaryl/α,β-unsaturated/α-hetero) is 2. The molecule has 11 amide bonds. The number of carbonyl (C=O) groups excluding carboxylic acids is 14. The van der Waals surface area contributed by atoms with Crippen molar-refractivity contribution in [1.82, 2.24) is 52.8 Å². The number of nitrogens with zero attached hydrogens (tertiary/aromatic N) is 1. The Morgan fingerprint density at radius 1 is 0.600 bits per heavy atom. The highest BCUT2D eigenvalue weighted by Gasteiger charge is 2.60. The van der Waals surface area contributed by atoms with Crippen molar-refractivity contribution in [2.75, 3.05) is 13.2 Å². The van der Waals surface area contributed by atoms with Gasteiger partial charge in [-0.1, -0.05) is 91.7 Å². The fraction of sp³-hybridized carbons (Fsp3) is 0.714. The SMILES string of the molecule is CCCCCCCC[C@H]1NC(=O)[C@@H](CC(C)C)NC(=O)[C@H]([C@@H](C)O)NC(=O)[C@@H](CC(C)C)NC(=O)[C@@H](CC(N)=O)NC(=O)[C@H](CC(N)=O)NC(=O)[C@H](C)NC(=O)[C@H]([C@@H](C)O)NC(=O)[C@H](CCCN2C=C3C(=O)[C@](C)(OC(=O)CCC)C(=O)C(Cl)=C3[C@H](O)[C@@]23CCCO3)NC1=O. The van der Waals surface area contributed by atoms with Crippen LogP contribution in [0.4, 0.5) is 0 Å². The number of primary amides is 2. The largest absolute Gasteiger partial charge is 0.442 e. The zero-order valence-corrected chi connectivity index (χ0v) is 56.7. The van der Waals surface area contributed by atoms with Gasteiger partial charge in [0, 0.05) is 43.3 Å². The first-order valence-electron chi connectivity index (χ1n) is 32.7. The van der Waals surface area contributed by atoms with E-state index in [2.05, 4.69) is 47.9 Å². The molecule has 31 nitrogen and oxygen atoms in total. The van der Waals surface area contributed by atoms with E-state index < -0.39 is 184 Å². The van der Waals surface area contributed by atoms with Gasteiger partial charge in [-0.15, -0.1) is 0 Å². The summed E-state index contributed by atoms with van der Waals surface area (Å²) in [6, 6.07) is -15.3. The number of hydrogen-bond acceptors (Lipinski definition) is 20. The second-order valence-electron chi connectivity index (χ2n) is 25.9. The van der Waals surface area contributed by atoms with Gasteiger partial charge in [-0.05, 0) is 84.5 Å². The summed E-state index contributed by atoms with van der Waals surface area (Å²) in [6.45, 7) is 15.0. The van der Waals surface area contributed by atoms with E-state index in [9.17, 15) is 77.6 Å². The molecule has 14 atom stereocenters. The second kappa shape index (κ2) is 36.5. The number of unbranched alkanes of at least 4 members (excludes halogenated alkanes) is 5. The number of ether oxygens (including phenoxy) is 2. The van der Waals surface area contributed by atoms with Crippen LogP contribution in [-0.2, 0) is 76.6 Å². The van der Waals surface area contributed by atoms with Gasteiger partial charge in [-0.3, -0.25) is 67.1 Å². The molecule has 0 bridgehead atoms. The fourth-order valence-corrected chi connectivity index (χ4v) is 12.0. The third kappa shape index (κ3) is 22.0. The van der Waals surface area contributed by atoms with Crippen LogP contribution >= 0.6 is 11.6 Å². The van der Waals surface area contributed by atoms with Crippen molar-refractivity contribution in [3.63, 3.8) is 0 Å². The molecule has 95 heavy (non-hydrogen) atoms. The number of rotatable bonds is 24. The van der Waals surface area contributed by atoms with E-state index in [0.717, 1.165) is 46.5 Å². The highest BCUT2D eigenvalue weighted by Crippen LogP contribution is 2.48. The molecule has 0 aromatic heterocycles. The van der Waals surface area contributed by atoms with Crippen LogP contribution in [0.15, 0.2) is 22.4 Å². The summed E-state index contributed by atoms with van der Waals surface area (Å²) in [7, 11) is 0. The molecule has 0 aromatic rings. The number of amides is 11. The lowest BCUT2D eigenvalue weighted by Crippen LogP contribution is -2.62. The molecule has 2 fully saturated rings. The summed E-state index contributed by atoms with van der Waals surface area (Å²) in [5.74, 6) is -15.8. The topological polar surface area (TPSA) is 482 Å². The molecule has 0 saturated carbocycles. The van der Waals surface area contributed by atoms with Gasteiger partial charge in [0.15, 0.2) is 5.72 Å². The van der Waals surface area contributed by atoms with E-state index in [-0.39, 0.29) is 81.1 Å². The average molecular weight is 1360 g/mol. The number of nitrogens with two attached hydrogens (primary N) is 2. The van der Waals surface area contributed by atoms with E-state index in [0.29, 0.717) is 25.7 Å². The smallest absolute Gasteiger partial charge is 0.307 e. The highest BCUT2D eigenvalue weighted by molar-refractivity contribution is 6.49. The predicted molar refractivity (Wildman–Crippen MR) is 341 cm³/mol. The maximum Gasteiger partial charge on any atom is 0.307 e. The summed E-state index contributed by atoms with van der Waals surface area (Å²) in [5, 5.41) is 55.9. The summed E-state index contributed by atoms with van der Waals surface area (Å²) >= 11 is 6.67. The molecule has 532 valence electrons. The van der Waals surface area contributed by atoms with Gasteiger partial charge in [-0.2, -0.15) is 0 Å². The van der Waals surface area contributed by atoms with Crippen molar-refractivity contribution in [2.24, 2.45) is 23.3 Å². The third-order valence-corrected chi connectivity index (χ3v) is 17.1. The number of aliphatic hydroxyl groups is 3. The van der Waals surface area contributed by atoms with Gasteiger partial charge in [0.25, 0.3) is 0 Å². The second-order valence-corrected chi connectivity index (χ2v) is 26.3. The normalized spacial score (nSPS) is 28.9. The minimum Gasteiger partial charge on any atom is -0.442 e. The minimum atomic E-state index is -2.42. The molecule has 0 unspecified atom stereocenters. The Morgan fingerprint density at radius 2 is 1.03 bits per heavy atom. The van der Waals surface area contributed by atoms with Gasteiger partial charge in [0.1, 0.15) is 60.5 Å². The highest BCUT2D eigenvalue weighted by atomic mass is 35.5. The molecular weight excluding hydrogens is 1260 g/mol. The number of hydrogen-bond donors (Lipinski definition) is 14. The van der Waals surface area contributed by atoms with E-state index in [1.807, 2.05) is 6.92 Å². The van der Waals surface area contributed by atoms with Crippen LogP contribution in [-0.4, -0.2) is 200 Å². The molecular formula is C63H99ClN12O19. The Hall–Kier alpha value is -7.61. The van der Waals surface area contributed by atoms with Gasteiger partial charge >= 0.3 is 5.97 Å². The molecule has 4 aliphatic rings. The summed E-state index contributed by atoms with van der Waals surface area (Å²) in [4.78, 5) is 196. The van der Waals surface area contributed by atoms with Crippen molar-refractivity contribution < 1.29 is 91.9 Å². The molecule has 0 aromatic carbocycles. The van der Waals surface area contributed by atoms with Gasteiger partial charge in [0.2, 0.25) is 82.1 Å². The standard InChI is InChI=1S/C63H99ClN12O19/c1-11-13-14-15-16-17-21-37-54(86)68-38(22-18-24-76-30-36-46(51(83)63(76)23-19-25-94-63)47(64)52(84)62(10,50(36)82)95-45(81)20-12-2)55(87)74-48(34(8)77)60(92)67-33(7)53(85)70-41(28-43(65)79)57(89)72-42(29-44(66)80)58(90)71-40(27-32(5)6)59(91)75-49(35(9)78)61(93)73-39(26-31(3)4)56(88)69-37/h30-35,37-42,48-49,51,77-78,83H,11-29H2,1-10H3,(H2,65,79)(H2,66,80)(H,67,92)(H,68,86)(H,69,88)(H,70,85)(H,71,90)(H,72,89)(H,73,93)(H,74,87)(H,75,91)/t33-,34+,35+,37+,38-,39+,40+,41-,42+,48-,49-,51-,62-,63-/m0/s1. The molecule has 16 N–H and O–H groups in total. The minimum absolute atomic E-state index is 0.0310. The zero-order valence-electron chi connectivity index (χ0n) is 55.9. The monoisotopic (exact) mass is 1360 g/mol. The quantitative estimate of drug-likeness (QED) is 0.0292. The number of esters is 1. The molecule has 4 rings (SSSR count). The summed E-state index contributed by atoms with van der Waals surface area (Å²) < 4.78 is 11.7. The first kappa shape index (κ1) is 79.8. The Kier molecular flexibility index (Phi) is 30.7. The lowest BCUT2D eigenvalue weighted by molar-refractivity contribution is -0.174. The van der Waals surface area contributed by atoms with Crippen LogP contribution in [0.1, 0.15) is 178 Å². The summed E-state index contributed by atoms with van der Waals surface area (Å²) in [6.07, 6.45) is -1.28. The number of ketones is 2. The average Bonchev–Trinajstić information content (AvgIpc) is 1.65. The third-order valence-electron chi connectivity index (χ3n) is 16.8. The number of aliphatic hydroxyl groups excluding tert-OH is 3. The van der Waals surface area contributed by atoms with E-state index >= 15 is 4.79 Å². The molecule has 3 heterocycles. The molecule has 0 radical (unpaired) electrons. The van der Waals surface area contributed by atoms with E-state index in [1.54, 1.807) is 34.6 Å². The molecule has 1 aliphatic carbocycles. The zero-order chi connectivity index (χ0) is 71.4. The first-order chi connectivity index (χ1) is 44.5. The number of halogens is 1. The van der Waals surface area contributed by atoms with Crippen LogP contribution < -0.4 is 59.3 Å². The summed E-state index contributed by atoms with van der Waals surface area (Å²) in [5.41, 5.74) is 6.34. The number of fused-ring (bicyclic) bond motifs is 1. The Morgan fingerprint density at radius 3 is 1.52 bits per heavy atom. The van der Waals surface area contributed by atoms with Crippen molar-refractivity contribution >= 4 is 94.1 Å². The number of nitrogens with one attached hydrogen (secondary N) is 9. The van der Waals surface area contributed by atoms with Crippen LogP contribution in [0.25, 0.3) is 0 Å². The van der Waals surface area contributed by atoms with Gasteiger partial charge in [-0.25, -0.2) is 0 Å². The molecule has 2 saturated heterocycles. The van der Waals surface area contributed by atoms with Crippen molar-refractivity contribution in [2.45, 2.75) is 262 Å². The lowest BCUT2D eigenvalue weighted by Gasteiger charge is -2.49. The molecule has 32 heteroatoms. The molecule has 3 aliphatic heterocycles. The van der Waals surface area contributed by atoms with Crippen molar-refractivity contribution in [1.29, 1.82) is 0 Å². The Labute approximate surface area is 558 Å². The van der Waals surface area contributed by atoms with Crippen molar-refractivity contribution in [3.05, 3.63) is 22.4 Å². The Bertz CT molecular complexity index is 2910. The number of carbonyl (C=O) groups is 14. The van der Waals surface area contributed by atoms with Gasteiger partial charge in [0.05, 0.1) is 30.1 Å². The maximum atomic E-state index is 15.0. The van der Waals surface area contributed by atoms with Crippen molar-refractivity contribution in [3.8, 4) is 0 Å². The first-order valence-corrected chi connectivity index (χ1v) is 33.1. The lowest BCUT2D eigenvalue weighted by atomic mass is 9.74. The van der Waals surface area contributed by atoms with Crippen LogP contribution in [0.3, 0.4) is 0 Å². The van der Waals surface area contributed by atoms with Gasteiger partial charge < -0.3 is 89.0 Å². The van der Waals surface area contributed by atoms with Crippen LogP contribution in [0.2, 0.25) is 0 Å². The predicted octanol–water partition coefficient (Wildman–Crippen LogP) is -1.67. The van der Waals surface area contributed by atoms with E-state index in [1.165, 1.54) is 18.0 Å². The van der Waals surface area contributed by atoms with Crippen LogP contribution in [0.5, 0.6) is 0 Å². The van der Waals surface area contributed by atoms with E-state index in [4.69, 9.17) is 32.5 Å². The van der Waals surface area contributed by atoms with Crippen LogP contribution in [0, 0.1) is 11.8 Å². The Balaban J connectivity index is 1.89. The molecule has 1 spiro atoms. The maximum absolute atomic E-state index is 15.0.